The van der Waals surface area contributed by atoms with Gasteiger partial charge in [0.25, 0.3) is 5.91 Å². The topological polar surface area (TPSA) is 49.4 Å². The second-order valence-electron chi connectivity index (χ2n) is 5.77. The number of carbonyl (C=O) groups is 2. The highest BCUT2D eigenvalue weighted by atomic mass is 35.5. The summed E-state index contributed by atoms with van der Waals surface area (Å²) in [5.41, 5.74) is 3.47. The van der Waals surface area contributed by atoms with Crippen LogP contribution in [0.4, 0.5) is 0 Å². The van der Waals surface area contributed by atoms with Crippen LogP contribution in [0.1, 0.15) is 51.0 Å². The number of hydrogen-bond donors (Lipinski definition) is 1. The maximum absolute atomic E-state index is 12.4. The maximum Gasteiger partial charge on any atom is 0.285 e. The maximum atomic E-state index is 12.4. The zero-order chi connectivity index (χ0) is 18.2. The molecule has 7 heteroatoms. The molecule has 0 radical (unpaired) electrons. The molecule has 0 aromatic heterocycles. The summed E-state index contributed by atoms with van der Waals surface area (Å²) in [5, 5.41) is 1.80. The van der Waals surface area contributed by atoms with Crippen LogP contribution in [0.25, 0.3) is 6.08 Å². The molecule has 0 atom stereocenters. The largest absolute Gasteiger partial charge is 0.285 e. The van der Waals surface area contributed by atoms with E-state index in [-0.39, 0.29) is 11.8 Å². The lowest BCUT2D eigenvalue weighted by atomic mass is 10.1. The standard InChI is InChI=1S/C18H21ClN2O2S2/c1-2-3-4-5-6-7-16(22)20-21-17(23)15(25-18(21)24)12-13-8-10-14(19)11-9-13/h8-12H,2-7H2,1H3,(H,20,22). The van der Waals surface area contributed by atoms with Gasteiger partial charge in [-0.2, -0.15) is 5.01 Å². The number of nitrogens with one attached hydrogen (secondary N) is 1. The number of nitrogens with zero attached hydrogens (tertiary/aromatic N) is 1. The third-order valence-corrected chi connectivity index (χ3v) is 5.26. The lowest BCUT2D eigenvalue weighted by molar-refractivity contribution is -0.133. The van der Waals surface area contributed by atoms with E-state index in [1.165, 1.54) is 24.6 Å². The van der Waals surface area contributed by atoms with Gasteiger partial charge in [0.05, 0.1) is 4.91 Å². The summed E-state index contributed by atoms with van der Waals surface area (Å²) in [7, 11) is 0. The molecule has 4 nitrogen and oxygen atoms in total. The minimum Gasteiger partial charge on any atom is -0.273 e. The minimum absolute atomic E-state index is 0.180. The summed E-state index contributed by atoms with van der Waals surface area (Å²) >= 11 is 12.3. The number of thioether (sulfide) groups is 1. The van der Waals surface area contributed by atoms with Gasteiger partial charge in [0.1, 0.15) is 0 Å². The van der Waals surface area contributed by atoms with E-state index < -0.39 is 0 Å². The Kier molecular flexibility index (Phi) is 7.93. The Morgan fingerprint density at radius 2 is 1.92 bits per heavy atom. The van der Waals surface area contributed by atoms with Crippen molar-refractivity contribution in [2.24, 2.45) is 0 Å². The van der Waals surface area contributed by atoms with Crippen LogP contribution in [0.15, 0.2) is 29.2 Å². The molecule has 1 fully saturated rings. The lowest BCUT2D eigenvalue weighted by Crippen LogP contribution is -2.44. The van der Waals surface area contributed by atoms with Gasteiger partial charge in [-0.05, 0) is 42.4 Å². The Balaban J connectivity index is 1.90. The van der Waals surface area contributed by atoms with Gasteiger partial charge in [0, 0.05) is 11.4 Å². The highest BCUT2D eigenvalue weighted by Gasteiger charge is 2.33. The smallest absolute Gasteiger partial charge is 0.273 e. The first-order valence-electron chi connectivity index (χ1n) is 8.34. The van der Waals surface area contributed by atoms with E-state index in [0.717, 1.165) is 29.8 Å². The van der Waals surface area contributed by atoms with E-state index in [4.69, 9.17) is 23.8 Å². The van der Waals surface area contributed by atoms with Crippen LogP contribution in [0.2, 0.25) is 5.02 Å². The van der Waals surface area contributed by atoms with Crippen LogP contribution < -0.4 is 5.43 Å². The van der Waals surface area contributed by atoms with E-state index in [1.807, 2.05) is 12.1 Å². The van der Waals surface area contributed by atoms with Crippen molar-refractivity contribution in [3.8, 4) is 0 Å². The van der Waals surface area contributed by atoms with Crippen LogP contribution in [0, 0.1) is 0 Å². The summed E-state index contributed by atoms with van der Waals surface area (Å²) in [6.07, 6.45) is 7.48. The molecule has 1 aromatic carbocycles. The molecule has 1 N–H and O–H groups in total. The Hall–Kier alpha value is -1.37. The summed E-state index contributed by atoms with van der Waals surface area (Å²) in [4.78, 5) is 24.9. The number of halogens is 1. The van der Waals surface area contributed by atoms with Gasteiger partial charge in [0.2, 0.25) is 5.91 Å². The molecule has 1 heterocycles. The van der Waals surface area contributed by atoms with Gasteiger partial charge in [-0.1, -0.05) is 68.1 Å². The number of hydrogen-bond acceptors (Lipinski definition) is 4. The molecule has 1 aromatic rings. The van der Waals surface area contributed by atoms with E-state index in [0.29, 0.717) is 20.7 Å². The molecule has 25 heavy (non-hydrogen) atoms. The second kappa shape index (κ2) is 9.94. The average molecular weight is 397 g/mol. The van der Waals surface area contributed by atoms with Gasteiger partial charge < -0.3 is 0 Å². The molecule has 1 aliphatic rings. The first kappa shape index (κ1) is 19.9. The number of rotatable bonds is 8. The Bertz CT molecular complexity index is 674. The fraction of sp³-hybridized carbons (Fsp3) is 0.389. The summed E-state index contributed by atoms with van der Waals surface area (Å²) in [6.45, 7) is 2.15. The molecular weight excluding hydrogens is 376 g/mol. The number of hydrazine groups is 1. The first-order chi connectivity index (χ1) is 12.0. The molecule has 2 amide bonds. The first-order valence-corrected chi connectivity index (χ1v) is 9.94. The fourth-order valence-electron chi connectivity index (χ4n) is 2.34. The molecule has 0 unspecified atom stereocenters. The van der Waals surface area contributed by atoms with Gasteiger partial charge in [-0.25, -0.2) is 0 Å². The number of benzene rings is 1. The van der Waals surface area contributed by atoms with Crippen LogP contribution in [0.3, 0.4) is 0 Å². The van der Waals surface area contributed by atoms with Crippen LogP contribution in [-0.2, 0) is 9.59 Å². The Morgan fingerprint density at radius 3 is 2.60 bits per heavy atom. The zero-order valence-electron chi connectivity index (χ0n) is 14.1. The molecule has 1 saturated heterocycles. The Morgan fingerprint density at radius 1 is 1.24 bits per heavy atom. The van der Waals surface area contributed by atoms with Crippen molar-refractivity contribution in [3.05, 3.63) is 39.8 Å². The fourth-order valence-corrected chi connectivity index (χ4v) is 3.65. The average Bonchev–Trinajstić information content (AvgIpc) is 2.84. The van der Waals surface area contributed by atoms with Gasteiger partial charge in [-0.15, -0.1) is 0 Å². The van der Waals surface area contributed by atoms with Gasteiger partial charge in [-0.3, -0.25) is 15.0 Å². The molecule has 2 rings (SSSR count). The minimum atomic E-state index is -0.302. The highest BCUT2D eigenvalue weighted by Crippen LogP contribution is 2.31. The monoisotopic (exact) mass is 396 g/mol. The van der Waals surface area contributed by atoms with Crippen molar-refractivity contribution >= 4 is 57.8 Å². The van der Waals surface area contributed by atoms with Crippen molar-refractivity contribution in [1.29, 1.82) is 0 Å². The van der Waals surface area contributed by atoms with Crippen molar-refractivity contribution in [2.45, 2.75) is 45.4 Å². The molecule has 0 spiro atoms. The predicted molar refractivity (Wildman–Crippen MR) is 108 cm³/mol. The third kappa shape index (κ3) is 6.13. The van der Waals surface area contributed by atoms with E-state index in [9.17, 15) is 9.59 Å². The summed E-state index contributed by atoms with van der Waals surface area (Å²) in [5.74, 6) is -0.482. The summed E-state index contributed by atoms with van der Waals surface area (Å²) < 4.78 is 0.338. The number of carbonyl (C=O) groups excluding carboxylic acids is 2. The van der Waals surface area contributed by atoms with E-state index in [2.05, 4.69) is 12.3 Å². The SMILES string of the molecule is CCCCCCCC(=O)NN1C(=O)C(=Cc2ccc(Cl)cc2)SC1=S. The molecule has 134 valence electrons. The quantitative estimate of drug-likeness (QED) is 0.384. The van der Waals surface area contributed by atoms with Crippen molar-refractivity contribution in [1.82, 2.24) is 10.4 Å². The van der Waals surface area contributed by atoms with Crippen LogP contribution in [-0.4, -0.2) is 21.1 Å². The van der Waals surface area contributed by atoms with E-state index in [1.54, 1.807) is 18.2 Å². The number of thiocarbonyl (C=S) groups is 1. The zero-order valence-corrected chi connectivity index (χ0v) is 16.5. The van der Waals surface area contributed by atoms with Crippen LogP contribution >= 0.6 is 35.6 Å². The normalized spacial score (nSPS) is 15.9. The summed E-state index contributed by atoms with van der Waals surface area (Å²) in [6, 6.07) is 7.16. The van der Waals surface area contributed by atoms with E-state index >= 15 is 0 Å². The third-order valence-electron chi connectivity index (χ3n) is 3.71. The molecule has 1 aliphatic heterocycles. The number of unbranched alkanes of at least 4 members (excludes halogenated alkanes) is 4. The van der Waals surface area contributed by atoms with Crippen LogP contribution in [0.5, 0.6) is 0 Å². The van der Waals surface area contributed by atoms with Gasteiger partial charge >= 0.3 is 0 Å². The van der Waals surface area contributed by atoms with Gasteiger partial charge in [0.15, 0.2) is 4.32 Å². The molecule has 0 saturated carbocycles. The lowest BCUT2D eigenvalue weighted by Gasteiger charge is -2.15. The Labute approximate surface area is 163 Å². The van der Waals surface area contributed by atoms with Crippen molar-refractivity contribution < 1.29 is 9.59 Å². The molecule has 0 bridgehead atoms. The van der Waals surface area contributed by atoms with Crippen molar-refractivity contribution in [3.63, 3.8) is 0 Å². The predicted octanol–water partition coefficient (Wildman–Crippen LogP) is 4.93. The van der Waals surface area contributed by atoms with Crippen molar-refractivity contribution in [2.75, 3.05) is 0 Å². The highest BCUT2D eigenvalue weighted by molar-refractivity contribution is 8.26. The second-order valence-corrected chi connectivity index (χ2v) is 7.88. The number of amides is 2. The molecule has 0 aliphatic carbocycles. The molecular formula is C18H21ClN2O2S2.